The van der Waals surface area contributed by atoms with Gasteiger partial charge in [-0.3, -0.25) is 0 Å². The molecular formula is C15H22S. The third-order valence-electron chi connectivity index (χ3n) is 4.26. The van der Waals surface area contributed by atoms with Crippen LogP contribution in [0.4, 0.5) is 0 Å². The zero-order valence-electron chi connectivity index (χ0n) is 10.6. The molecule has 1 aliphatic rings. The van der Waals surface area contributed by atoms with E-state index in [1.165, 1.54) is 48.8 Å². The maximum Gasteiger partial charge on any atom is 0.00457 e. The van der Waals surface area contributed by atoms with Gasteiger partial charge in [-0.15, -0.1) is 12.6 Å². The summed E-state index contributed by atoms with van der Waals surface area (Å²) < 4.78 is 0. The Balaban J connectivity index is 2.45. The van der Waals surface area contributed by atoms with Crippen molar-refractivity contribution in [2.75, 3.05) is 0 Å². The van der Waals surface area contributed by atoms with Crippen molar-refractivity contribution >= 4 is 12.6 Å². The molecule has 1 aromatic carbocycles. The predicted octanol–water partition coefficient (Wildman–Crippen LogP) is 4.81. The first kappa shape index (κ1) is 12.0. The molecule has 0 bridgehead atoms. The predicted molar refractivity (Wildman–Crippen MR) is 73.6 cm³/mol. The minimum atomic E-state index is 0.395. The lowest BCUT2D eigenvalue weighted by molar-refractivity contribution is 0.318. The first-order valence-corrected chi connectivity index (χ1v) is 6.78. The Bertz CT molecular complexity index is 387. The number of hydrogen-bond donors (Lipinski definition) is 1. The fourth-order valence-corrected chi connectivity index (χ4v) is 3.39. The van der Waals surface area contributed by atoms with Crippen molar-refractivity contribution in [2.24, 2.45) is 0 Å². The molecule has 0 N–H and O–H groups in total. The van der Waals surface area contributed by atoms with Gasteiger partial charge in [0, 0.05) is 4.90 Å². The van der Waals surface area contributed by atoms with Crippen molar-refractivity contribution in [3.63, 3.8) is 0 Å². The highest BCUT2D eigenvalue weighted by Crippen LogP contribution is 2.41. The molecule has 16 heavy (non-hydrogen) atoms. The number of thiol groups is 1. The number of aryl methyl sites for hydroxylation is 1. The Morgan fingerprint density at radius 1 is 1.06 bits per heavy atom. The van der Waals surface area contributed by atoms with E-state index in [9.17, 15) is 0 Å². The van der Waals surface area contributed by atoms with Gasteiger partial charge in [-0.2, -0.15) is 0 Å². The molecule has 1 heteroatoms. The van der Waals surface area contributed by atoms with Crippen LogP contribution in [-0.4, -0.2) is 0 Å². The van der Waals surface area contributed by atoms with E-state index in [2.05, 4.69) is 45.5 Å². The van der Waals surface area contributed by atoms with Crippen LogP contribution in [-0.2, 0) is 5.41 Å². The average molecular weight is 234 g/mol. The fourth-order valence-electron chi connectivity index (χ4n) is 3.07. The number of rotatable bonds is 1. The molecule has 0 saturated heterocycles. The highest BCUT2D eigenvalue weighted by molar-refractivity contribution is 7.80. The molecule has 88 valence electrons. The molecule has 0 aliphatic heterocycles. The molecule has 0 heterocycles. The van der Waals surface area contributed by atoms with Gasteiger partial charge in [-0.1, -0.05) is 26.2 Å². The molecule has 0 unspecified atom stereocenters. The highest BCUT2D eigenvalue weighted by Gasteiger charge is 2.30. The molecule has 0 spiro atoms. The maximum absolute atomic E-state index is 4.53. The lowest BCUT2D eigenvalue weighted by Gasteiger charge is -2.36. The van der Waals surface area contributed by atoms with Gasteiger partial charge in [0.1, 0.15) is 0 Å². The van der Waals surface area contributed by atoms with E-state index in [1.54, 1.807) is 0 Å². The van der Waals surface area contributed by atoms with E-state index < -0.39 is 0 Å². The third-order valence-corrected chi connectivity index (χ3v) is 4.52. The summed E-state index contributed by atoms with van der Waals surface area (Å²) in [5.41, 5.74) is 4.79. The standard InChI is InChI=1S/C15H22S/c1-11-9-13(16)10-14(12(11)2)15(3)7-5-4-6-8-15/h9-10,16H,4-8H2,1-3H3. The van der Waals surface area contributed by atoms with Crippen LogP contribution >= 0.6 is 12.6 Å². The van der Waals surface area contributed by atoms with Crippen LogP contribution in [0.25, 0.3) is 0 Å². The lowest BCUT2D eigenvalue weighted by Crippen LogP contribution is -2.26. The highest BCUT2D eigenvalue weighted by atomic mass is 32.1. The smallest absolute Gasteiger partial charge is 0.00457 e. The van der Waals surface area contributed by atoms with Gasteiger partial charge in [-0.05, 0) is 60.9 Å². The molecule has 1 aliphatic carbocycles. The van der Waals surface area contributed by atoms with Crippen LogP contribution in [0.2, 0.25) is 0 Å². The van der Waals surface area contributed by atoms with Crippen molar-refractivity contribution in [1.82, 2.24) is 0 Å². The first-order valence-electron chi connectivity index (χ1n) is 6.34. The normalized spacial score (nSPS) is 19.8. The minimum absolute atomic E-state index is 0.395. The summed E-state index contributed by atoms with van der Waals surface area (Å²) >= 11 is 4.53. The Morgan fingerprint density at radius 2 is 1.69 bits per heavy atom. The summed E-state index contributed by atoms with van der Waals surface area (Å²) in [7, 11) is 0. The third kappa shape index (κ3) is 2.15. The Labute approximate surface area is 105 Å². The minimum Gasteiger partial charge on any atom is -0.143 e. The largest absolute Gasteiger partial charge is 0.143 e. The van der Waals surface area contributed by atoms with Crippen molar-refractivity contribution in [3.8, 4) is 0 Å². The topological polar surface area (TPSA) is 0 Å². The van der Waals surface area contributed by atoms with Crippen LogP contribution < -0.4 is 0 Å². The van der Waals surface area contributed by atoms with Gasteiger partial charge in [0.05, 0.1) is 0 Å². The Hall–Kier alpha value is -0.430. The van der Waals surface area contributed by atoms with E-state index >= 15 is 0 Å². The van der Waals surface area contributed by atoms with Gasteiger partial charge >= 0.3 is 0 Å². The van der Waals surface area contributed by atoms with Gasteiger partial charge in [0.2, 0.25) is 0 Å². The van der Waals surface area contributed by atoms with E-state index in [-0.39, 0.29) is 0 Å². The van der Waals surface area contributed by atoms with Gasteiger partial charge in [0.25, 0.3) is 0 Å². The average Bonchev–Trinajstić information content (AvgIpc) is 2.24. The van der Waals surface area contributed by atoms with Crippen molar-refractivity contribution in [3.05, 3.63) is 28.8 Å². The number of hydrogen-bond acceptors (Lipinski definition) is 1. The van der Waals surface area contributed by atoms with Crippen LogP contribution in [0.15, 0.2) is 17.0 Å². The summed E-state index contributed by atoms with van der Waals surface area (Å²) in [4.78, 5) is 1.12. The summed E-state index contributed by atoms with van der Waals surface area (Å²) in [6.07, 6.45) is 6.85. The van der Waals surface area contributed by atoms with Gasteiger partial charge in [-0.25, -0.2) is 0 Å². The molecule has 0 aromatic heterocycles. The summed E-state index contributed by atoms with van der Waals surface area (Å²) in [6, 6.07) is 4.46. The summed E-state index contributed by atoms with van der Waals surface area (Å²) in [5, 5.41) is 0. The van der Waals surface area contributed by atoms with E-state index in [1.807, 2.05) is 0 Å². The second-order valence-corrected chi connectivity index (χ2v) is 6.07. The fraction of sp³-hybridized carbons (Fsp3) is 0.600. The quantitative estimate of drug-likeness (QED) is 0.662. The number of benzene rings is 1. The first-order chi connectivity index (χ1) is 7.53. The van der Waals surface area contributed by atoms with Crippen LogP contribution in [0.1, 0.15) is 55.7 Å². The van der Waals surface area contributed by atoms with E-state index in [0.717, 1.165) is 4.90 Å². The molecule has 0 nitrogen and oxygen atoms in total. The monoisotopic (exact) mass is 234 g/mol. The molecule has 1 fully saturated rings. The molecule has 0 radical (unpaired) electrons. The zero-order chi connectivity index (χ0) is 11.8. The van der Waals surface area contributed by atoms with E-state index in [4.69, 9.17) is 0 Å². The summed E-state index contributed by atoms with van der Waals surface area (Å²) in [6.45, 7) is 6.89. The second kappa shape index (κ2) is 4.44. The molecule has 0 atom stereocenters. The second-order valence-electron chi connectivity index (χ2n) is 5.56. The van der Waals surface area contributed by atoms with Crippen molar-refractivity contribution in [2.45, 2.75) is 63.2 Å². The van der Waals surface area contributed by atoms with Gasteiger partial charge < -0.3 is 0 Å². The van der Waals surface area contributed by atoms with Crippen molar-refractivity contribution in [1.29, 1.82) is 0 Å². The molecule has 0 amide bonds. The SMILES string of the molecule is Cc1cc(S)cc(C2(C)CCCCC2)c1C. The molecule has 1 saturated carbocycles. The Kier molecular flexibility index (Phi) is 3.34. The van der Waals surface area contributed by atoms with Crippen molar-refractivity contribution < 1.29 is 0 Å². The van der Waals surface area contributed by atoms with Gasteiger partial charge in [0.15, 0.2) is 0 Å². The van der Waals surface area contributed by atoms with Crippen LogP contribution in [0, 0.1) is 13.8 Å². The molecule has 1 aromatic rings. The van der Waals surface area contributed by atoms with E-state index in [0.29, 0.717) is 5.41 Å². The summed E-state index contributed by atoms with van der Waals surface area (Å²) in [5.74, 6) is 0. The lowest BCUT2D eigenvalue weighted by atomic mass is 9.69. The van der Waals surface area contributed by atoms with Crippen LogP contribution in [0.3, 0.4) is 0 Å². The maximum atomic E-state index is 4.53. The molecular weight excluding hydrogens is 212 g/mol. The van der Waals surface area contributed by atoms with Crippen LogP contribution in [0.5, 0.6) is 0 Å². The zero-order valence-corrected chi connectivity index (χ0v) is 11.5. The Morgan fingerprint density at radius 3 is 2.31 bits per heavy atom. The molecule has 2 rings (SSSR count).